The first-order chi connectivity index (χ1) is 12.8. The summed E-state index contributed by atoms with van der Waals surface area (Å²) < 4.78 is 5.64. The molecule has 0 bridgehead atoms. The Labute approximate surface area is 163 Å². The van der Waals surface area contributed by atoms with Crippen LogP contribution in [-0.2, 0) is 20.9 Å². The highest BCUT2D eigenvalue weighted by Crippen LogP contribution is 2.26. The molecule has 150 valence electrons. The van der Waals surface area contributed by atoms with E-state index in [0.29, 0.717) is 32.5 Å². The van der Waals surface area contributed by atoms with Crippen molar-refractivity contribution in [1.82, 2.24) is 4.90 Å². The number of carbonyl (C=O) groups is 2. The molecule has 1 heterocycles. The third-order valence-corrected chi connectivity index (χ3v) is 5.22. The van der Waals surface area contributed by atoms with Crippen LogP contribution in [0.3, 0.4) is 0 Å². The second-order valence-corrected chi connectivity index (χ2v) is 8.23. The smallest absolute Gasteiger partial charge is 0.309 e. The molecule has 0 atom stereocenters. The highest BCUT2D eigenvalue weighted by atomic mass is 16.5. The number of ether oxygens (including phenoxy) is 1. The minimum atomic E-state index is -0.374. The van der Waals surface area contributed by atoms with Crippen molar-refractivity contribution in [1.29, 1.82) is 0 Å². The van der Waals surface area contributed by atoms with Crippen molar-refractivity contribution >= 4 is 17.6 Å². The lowest BCUT2D eigenvalue weighted by Crippen LogP contribution is -2.45. The highest BCUT2D eigenvalue weighted by molar-refractivity contribution is 5.82. The van der Waals surface area contributed by atoms with Crippen LogP contribution in [0.15, 0.2) is 24.3 Å². The van der Waals surface area contributed by atoms with Gasteiger partial charge in [-0.15, -0.1) is 0 Å². The first-order valence-electron chi connectivity index (χ1n) is 10.1. The summed E-state index contributed by atoms with van der Waals surface area (Å²) in [6.45, 7) is 13.4. The van der Waals surface area contributed by atoms with Gasteiger partial charge in [-0.3, -0.25) is 9.59 Å². The number of hydrogen-bond acceptors (Lipinski definition) is 4. The Bertz CT molecular complexity index is 639. The quantitative estimate of drug-likeness (QED) is 0.710. The van der Waals surface area contributed by atoms with Gasteiger partial charge in [0.05, 0.1) is 5.92 Å². The Kier molecular flexibility index (Phi) is 7.28. The number of anilines is 1. The van der Waals surface area contributed by atoms with Gasteiger partial charge in [-0.1, -0.05) is 39.0 Å². The summed E-state index contributed by atoms with van der Waals surface area (Å²) in [6, 6.07) is 8.09. The van der Waals surface area contributed by atoms with Gasteiger partial charge in [0.1, 0.15) is 6.61 Å². The average molecular weight is 375 g/mol. The van der Waals surface area contributed by atoms with E-state index >= 15 is 0 Å². The lowest BCUT2D eigenvalue weighted by Gasteiger charge is -2.35. The Morgan fingerprint density at radius 3 is 2.26 bits per heavy atom. The summed E-state index contributed by atoms with van der Waals surface area (Å²) >= 11 is 0. The lowest BCUT2D eigenvalue weighted by atomic mass is 9.91. The second-order valence-electron chi connectivity index (χ2n) is 8.23. The monoisotopic (exact) mass is 374 g/mol. The second kappa shape index (κ2) is 9.25. The molecule has 0 spiro atoms. The predicted octanol–water partition coefficient (Wildman–Crippen LogP) is 3.86. The number of nitrogens with zero attached hydrogens (tertiary/aromatic N) is 2. The zero-order valence-corrected chi connectivity index (χ0v) is 17.5. The number of amides is 1. The van der Waals surface area contributed by atoms with E-state index in [1.165, 1.54) is 0 Å². The van der Waals surface area contributed by atoms with Gasteiger partial charge in [0.2, 0.25) is 5.91 Å². The zero-order valence-electron chi connectivity index (χ0n) is 17.5. The molecule has 0 aliphatic carbocycles. The van der Waals surface area contributed by atoms with Gasteiger partial charge < -0.3 is 14.5 Å². The minimum absolute atomic E-state index is 0.116. The van der Waals surface area contributed by atoms with Crippen LogP contribution in [0, 0.1) is 11.3 Å². The van der Waals surface area contributed by atoms with Crippen LogP contribution < -0.4 is 4.90 Å². The molecule has 27 heavy (non-hydrogen) atoms. The molecule has 1 fully saturated rings. The number of likely N-dealkylation sites (tertiary alicyclic amines) is 1. The van der Waals surface area contributed by atoms with E-state index in [4.69, 9.17) is 4.74 Å². The van der Waals surface area contributed by atoms with Crippen LogP contribution in [0.4, 0.5) is 5.69 Å². The molecule has 5 nitrogen and oxygen atoms in total. The molecule has 1 aromatic carbocycles. The van der Waals surface area contributed by atoms with Gasteiger partial charge in [0.25, 0.3) is 0 Å². The van der Waals surface area contributed by atoms with E-state index in [1.54, 1.807) is 0 Å². The van der Waals surface area contributed by atoms with Crippen molar-refractivity contribution in [2.45, 2.75) is 54.1 Å². The van der Waals surface area contributed by atoms with Crippen LogP contribution in [0.5, 0.6) is 0 Å². The molecule has 0 unspecified atom stereocenters. The summed E-state index contributed by atoms with van der Waals surface area (Å²) in [4.78, 5) is 29.0. The van der Waals surface area contributed by atoms with Gasteiger partial charge >= 0.3 is 5.97 Å². The van der Waals surface area contributed by atoms with Crippen LogP contribution in [0.1, 0.15) is 53.0 Å². The Morgan fingerprint density at radius 2 is 1.70 bits per heavy atom. The van der Waals surface area contributed by atoms with Gasteiger partial charge in [-0.05, 0) is 32.8 Å². The molecule has 1 amide bonds. The number of para-hydroxylation sites is 1. The molecule has 0 aromatic heterocycles. The molecule has 0 radical (unpaired) electrons. The van der Waals surface area contributed by atoms with Crippen LogP contribution >= 0.6 is 0 Å². The van der Waals surface area contributed by atoms with Crippen molar-refractivity contribution in [3.05, 3.63) is 29.8 Å². The number of carbonyl (C=O) groups excluding carboxylic acids is 2. The molecule has 1 aliphatic rings. The highest BCUT2D eigenvalue weighted by Gasteiger charge is 2.33. The molecule has 2 rings (SSSR count). The molecule has 1 saturated heterocycles. The standard InChI is InChI=1S/C22H34N2O3/c1-6-23(7-2)19-11-9-8-10-18(19)16-27-20(25)17-12-14-24(15-13-17)21(26)22(3,4)5/h8-11,17H,6-7,12-16H2,1-5H3. The van der Waals surface area contributed by atoms with Crippen LogP contribution in [0.25, 0.3) is 0 Å². The molecular formula is C22H34N2O3. The molecule has 5 heteroatoms. The Hall–Kier alpha value is -2.04. The van der Waals surface area contributed by atoms with Crippen molar-refractivity contribution < 1.29 is 14.3 Å². The predicted molar refractivity (Wildman–Crippen MR) is 109 cm³/mol. The van der Waals surface area contributed by atoms with E-state index in [0.717, 1.165) is 24.3 Å². The first kappa shape index (κ1) is 21.3. The van der Waals surface area contributed by atoms with E-state index in [9.17, 15) is 9.59 Å². The number of rotatable bonds is 6. The maximum atomic E-state index is 12.5. The maximum Gasteiger partial charge on any atom is 0.309 e. The summed E-state index contributed by atoms with van der Waals surface area (Å²) in [5.74, 6) is -0.107. The van der Waals surface area contributed by atoms with Crippen molar-refractivity contribution in [2.24, 2.45) is 11.3 Å². The summed E-state index contributed by atoms with van der Waals surface area (Å²) in [6.07, 6.45) is 1.36. The normalized spacial score (nSPS) is 15.5. The minimum Gasteiger partial charge on any atom is -0.461 e. The van der Waals surface area contributed by atoms with Crippen molar-refractivity contribution in [3.8, 4) is 0 Å². The zero-order chi connectivity index (χ0) is 20.0. The van der Waals surface area contributed by atoms with E-state index in [2.05, 4.69) is 24.8 Å². The Balaban J connectivity index is 1.90. The van der Waals surface area contributed by atoms with Crippen LogP contribution in [0.2, 0.25) is 0 Å². The lowest BCUT2D eigenvalue weighted by molar-refractivity contribution is -0.154. The molecule has 0 saturated carbocycles. The van der Waals surface area contributed by atoms with Crippen LogP contribution in [-0.4, -0.2) is 43.0 Å². The third kappa shape index (κ3) is 5.47. The van der Waals surface area contributed by atoms with Crippen molar-refractivity contribution in [2.75, 3.05) is 31.1 Å². The number of hydrogen-bond donors (Lipinski definition) is 0. The molecule has 1 aromatic rings. The van der Waals surface area contributed by atoms with Gasteiger partial charge in [0, 0.05) is 42.8 Å². The largest absolute Gasteiger partial charge is 0.461 e. The van der Waals surface area contributed by atoms with Crippen molar-refractivity contribution in [3.63, 3.8) is 0 Å². The summed E-state index contributed by atoms with van der Waals surface area (Å²) in [7, 11) is 0. The third-order valence-electron chi connectivity index (χ3n) is 5.22. The van der Waals surface area contributed by atoms with Gasteiger partial charge in [-0.2, -0.15) is 0 Å². The first-order valence-corrected chi connectivity index (χ1v) is 10.1. The van der Waals surface area contributed by atoms with Gasteiger partial charge in [0.15, 0.2) is 0 Å². The number of piperidine rings is 1. The van der Waals surface area contributed by atoms with E-state index in [1.807, 2.05) is 43.9 Å². The molecule has 1 aliphatic heterocycles. The summed E-state index contributed by atoms with van der Waals surface area (Å²) in [5.41, 5.74) is 1.79. The topological polar surface area (TPSA) is 49.9 Å². The van der Waals surface area contributed by atoms with E-state index in [-0.39, 0.29) is 23.2 Å². The summed E-state index contributed by atoms with van der Waals surface area (Å²) in [5, 5.41) is 0. The number of esters is 1. The molecular weight excluding hydrogens is 340 g/mol. The molecule has 0 N–H and O–H groups in total. The fraction of sp³-hybridized carbons (Fsp3) is 0.636. The Morgan fingerprint density at radius 1 is 1.11 bits per heavy atom. The van der Waals surface area contributed by atoms with Gasteiger partial charge in [-0.25, -0.2) is 0 Å². The fourth-order valence-corrected chi connectivity index (χ4v) is 3.57. The number of benzene rings is 1. The SMILES string of the molecule is CCN(CC)c1ccccc1COC(=O)C1CCN(C(=O)C(C)(C)C)CC1. The fourth-order valence-electron chi connectivity index (χ4n) is 3.57. The maximum absolute atomic E-state index is 12.5. The van der Waals surface area contributed by atoms with E-state index < -0.39 is 0 Å². The average Bonchev–Trinajstić information content (AvgIpc) is 2.66.